The Morgan fingerprint density at radius 2 is 1.86 bits per heavy atom. The van der Waals surface area contributed by atoms with E-state index in [1.54, 1.807) is 7.11 Å². The highest BCUT2D eigenvalue weighted by Gasteiger charge is 2.61. The first-order valence-electron chi connectivity index (χ1n) is 9.33. The summed E-state index contributed by atoms with van der Waals surface area (Å²) < 4.78 is 30.0. The number of fused-ring (bicyclic) bond motifs is 1. The standard InChI is InChI=1S/C21H22ClNO4S/c1-27-18-7-3-14-12-17(6-2-15(14)13-18)23-20(24)21(10-11-21)28(25,26)19-8-4-16(22)5-9-19/h3-5,7-9,13,17H,2,6,10-12H2,1H3,(H,23,24). The molecule has 0 heterocycles. The van der Waals surface area contributed by atoms with Crippen LogP contribution in [0.4, 0.5) is 0 Å². The van der Waals surface area contributed by atoms with Gasteiger partial charge in [0.1, 0.15) is 5.75 Å². The quantitative estimate of drug-likeness (QED) is 0.806. The second-order valence-corrected chi connectivity index (χ2v) is 10.2. The predicted molar refractivity (Wildman–Crippen MR) is 108 cm³/mol. The number of aryl methyl sites for hydroxylation is 1. The molecule has 0 aromatic heterocycles. The molecule has 5 nitrogen and oxygen atoms in total. The highest BCUT2D eigenvalue weighted by atomic mass is 35.5. The van der Waals surface area contributed by atoms with Gasteiger partial charge >= 0.3 is 0 Å². The van der Waals surface area contributed by atoms with E-state index in [1.165, 1.54) is 35.4 Å². The van der Waals surface area contributed by atoms with Gasteiger partial charge in [0.2, 0.25) is 5.91 Å². The van der Waals surface area contributed by atoms with Crippen LogP contribution < -0.4 is 10.1 Å². The number of benzene rings is 2. The van der Waals surface area contributed by atoms with Gasteiger partial charge in [0, 0.05) is 11.1 Å². The SMILES string of the molecule is COc1ccc2c(c1)CCC(NC(=O)C1(S(=O)(=O)c3ccc(Cl)cc3)CC1)C2. The lowest BCUT2D eigenvalue weighted by atomic mass is 9.88. The van der Waals surface area contributed by atoms with Gasteiger partial charge in [-0.1, -0.05) is 17.7 Å². The molecule has 0 aliphatic heterocycles. The van der Waals surface area contributed by atoms with Crippen molar-refractivity contribution in [3.63, 3.8) is 0 Å². The molecule has 1 fully saturated rings. The second kappa shape index (κ2) is 7.08. The summed E-state index contributed by atoms with van der Waals surface area (Å²) in [4.78, 5) is 13.1. The molecule has 1 N–H and O–H groups in total. The average molecular weight is 420 g/mol. The van der Waals surface area contributed by atoms with Crippen molar-refractivity contribution in [3.05, 3.63) is 58.6 Å². The lowest BCUT2D eigenvalue weighted by molar-refractivity contribution is -0.122. The third-order valence-electron chi connectivity index (χ3n) is 5.73. The van der Waals surface area contributed by atoms with E-state index < -0.39 is 14.6 Å². The molecule has 4 rings (SSSR count). The average Bonchev–Trinajstić information content (AvgIpc) is 3.50. The number of ether oxygens (including phenoxy) is 1. The molecule has 0 bridgehead atoms. The lowest BCUT2D eigenvalue weighted by Crippen LogP contribution is -2.48. The maximum absolute atomic E-state index is 13.1. The molecule has 0 radical (unpaired) electrons. The zero-order valence-electron chi connectivity index (χ0n) is 15.6. The monoisotopic (exact) mass is 419 g/mol. The summed E-state index contributed by atoms with van der Waals surface area (Å²) in [6, 6.07) is 11.9. The van der Waals surface area contributed by atoms with Crippen LogP contribution in [0.1, 0.15) is 30.4 Å². The van der Waals surface area contributed by atoms with Crippen molar-refractivity contribution in [2.75, 3.05) is 7.11 Å². The highest BCUT2D eigenvalue weighted by molar-refractivity contribution is 7.94. The Balaban J connectivity index is 1.50. The van der Waals surface area contributed by atoms with E-state index in [-0.39, 0.29) is 16.8 Å². The van der Waals surface area contributed by atoms with Crippen LogP contribution in [0.15, 0.2) is 47.4 Å². The summed E-state index contributed by atoms with van der Waals surface area (Å²) in [7, 11) is -2.11. The van der Waals surface area contributed by atoms with Crippen molar-refractivity contribution in [3.8, 4) is 5.75 Å². The molecular formula is C21H22ClNO4S. The number of hydrogen-bond acceptors (Lipinski definition) is 4. The van der Waals surface area contributed by atoms with E-state index in [0.717, 1.165) is 18.6 Å². The van der Waals surface area contributed by atoms with Crippen molar-refractivity contribution in [1.82, 2.24) is 5.32 Å². The first-order chi connectivity index (χ1) is 13.4. The number of hydrogen-bond donors (Lipinski definition) is 1. The molecule has 148 valence electrons. The van der Waals surface area contributed by atoms with Crippen LogP contribution >= 0.6 is 11.6 Å². The molecule has 1 unspecified atom stereocenters. The summed E-state index contributed by atoms with van der Waals surface area (Å²) in [6.07, 6.45) is 3.01. The third-order valence-corrected chi connectivity index (χ3v) is 8.50. The van der Waals surface area contributed by atoms with Crippen molar-refractivity contribution in [1.29, 1.82) is 0 Å². The van der Waals surface area contributed by atoms with Crippen molar-refractivity contribution < 1.29 is 17.9 Å². The number of halogens is 1. The molecule has 1 atom stereocenters. The Hall–Kier alpha value is -2.05. The van der Waals surface area contributed by atoms with Gasteiger partial charge in [-0.2, -0.15) is 0 Å². The first-order valence-corrected chi connectivity index (χ1v) is 11.2. The fraction of sp³-hybridized carbons (Fsp3) is 0.381. The van der Waals surface area contributed by atoms with Gasteiger partial charge in [-0.15, -0.1) is 0 Å². The Morgan fingerprint density at radius 3 is 2.50 bits per heavy atom. The minimum absolute atomic E-state index is 0.0636. The third kappa shape index (κ3) is 3.29. The number of nitrogens with one attached hydrogen (secondary N) is 1. The van der Waals surface area contributed by atoms with Gasteiger partial charge in [-0.3, -0.25) is 4.79 Å². The van der Waals surface area contributed by atoms with Crippen LogP contribution in [0.3, 0.4) is 0 Å². The molecule has 2 aromatic carbocycles. The van der Waals surface area contributed by atoms with Gasteiger partial charge in [-0.25, -0.2) is 8.42 Å². The largest absolute Gasteiger partial charge is 0.497 e. The number of carbonyl (C=O) groups excluding carboxylic acids is 1. The number of sulfone groups is 1. The molecule has 2 aromatic rings. The van der Waals surface area contributed by atoms with Crippen LogP contribution in [0.25, 0.3) is 0 Å². The van der Waals surface area contributed by atoms with E-state index >= 15 is 0 Å². The zero-order chi connectivity index (χ0) is 19.9. The zero-order valence-corrected chi connectivity index (χ0v) is 17.1. The van der Waals surface area contributed by atoms with E-state index in [0.29, 0.717) is 24.3 Å². The van der Waals surface area contributed by atoms with Crippen molar-refractivity contribution >= 4 is 27.3 Å². The maximum Gasteiger partial charge on any atom is 0.242 e. The van der Waals surface area contributed by atoms with Crippen LogP contribution in [0.5, 0.6) is 5.75 Å². The normalized spacial score (nSPS) is 20.1. The van der Waals surface area contributed by atoms with E-state index in [1.807, 2.05) is 18.2 Å². The highest BCUT2D eigenvalue weighted by Crippen LogP contribution is 2.47. The van der Waals surface area contributed by atoms with Crippen molar-refractivity contribution in [2.45, 2.75) is 47.8 Å². The van der Waals surface area contributed by atoms with E-state index in [9.17, 15) is 13.2 Å². The fourth-order valence-electron chi connectivity index (χ4n) is 3.87. The molecule has 7 heteroatoms. The minimum Gasteiger partial charge on any atom is -0.497 e. The van der Waals surface area contributed by atoms with Crippen LogP contribution in [-0.4, -0.2) is 32.2 Å². The second-order valence-electron chi connectivity index (χ2n) is 7.50. The molecule has 1 amide bonds. The van der Waals surface area contributed by atoms with Gasteiger partial charge in [0.05, 0.1) is 12.0 Å². The Bertz CT molecular complexity index is 1010. The summed E-state index contributed by atoms with van der Waals surface area (Å²) >= 11 is 5.86. The van der Waals surface area contributed by atoms with E-state index in [2.05, 4.69) is 5.32 Å². The molecule has 1 saturated carbocycles. The lowest BCUT2D eigenvalue weighted by Gasteiger charge is -2.27. The minimum atomic E-state index is -3.75. The number of methoxy groups -OCH3 is 1. The predicted octanol–water partition coefficient (Wildman–Crippen LogP) is 3.33. The molecular weight excluding hydrogens is 398 g/mol. The number of amides is 1. The smallest absolute Gasteiger partial charge is 0.242 e. The van der Waals surface area contributed by atoms with Gasteiger partial charge < -0.3 is 10.1 Å². The Kier molecular flexibility index (Phi) is 4.88. The fourth-order valence-corrected chi connectivity index (χ4v) is 5.88. The number of rotatable bonds is 5. The topological polar surface area (TPSA) is 72.5 Å². The van der Waals surface area contributed by atoms with Crippen LogP contribution in [0, 0.1) is 0 Å². The summed E-state index contributed by atoms with van der Waals surface area (Å²) in [6.45, 7) is 0. The van der Waals surface area contributed by atoms with Crippen LogP contribution in [0.2, 0.25) is 5.02 Å². The van der Waals surface area contributed by atoms with Gasteiger partial charge in [0.15, 0.2) is 14.6 Å². The first kappa shape index (κ1) is 19.3. The van der Waals surface area contributed by atoms with Gasteiger partial charge in [0.25, 0.3) is 0 Å². The molecule has 0 saturated heterocycles. The van der Waals surface area contributed by atoms with Crippen LogP contribution in [-0.2, 0) is 27.5 Å². The summed E-state index contributed by atoms with van der Waals surface area (Å²) in [5.74, 6) is 0.441. The molecule has 2 aliphatic carbocycles. The van der Waals surface area contributed by atoms with Gasteiger partial charge in [-0.05, 0) is 79.6 Å². The number of carbonyl (C=O) groups is 1. The molecule has 0 spiro atoms. The maximum atomic E-state index is 13.1. The summed E-state index contributed by atoms with van der Waals surface area (Å²) in [5.41, 5.74) is 2.39. The Morgan fingerprint density at radius 1 is 1.14 bits per heavy atom. The van der Waals surface area contributed by atoms with E-state index in [4.69, 9.17) is 16.3 Å². The molecule has 2 aliphatic rings. The Labute approximate surface area is 170 Å². The van der Waals surface area contributed by atoms with Crippen molar-refractivity contribution in [2.24, 2.45) is 0 Å². The summed E-state index contributed by atoms with van der Waals surface area (Å²) in [5, 5.41) is 3.47. The molecule has 28 heavy (non-hydrogen) atoms.